The van der Waals surface area contributed by atoms with E-state index in [2.05, 4.69) is 5.32 Å². The number of carbonyl (C=O) groups is 1. The molecule has 100 valence electrons. The van der Waals surface area contributed by atoms with Crippen molar-refractivity contribution in [2.45, 2.75) is 12.3 Å². The molecule has 1 fully saturated rings. The fourth-order valence-corrected chi connectivity index (χ4v) is 2.26. The van der Waals surface area contributed by atoms with Gasteiger partial charge in [0.05, 0.1) is 13.0 Å². The number of methoxy groups -OCH3 is 1. The Kier molecular flexibility index (Phi) is 5.44. The van der Waals surface area contributed by atoms with E-state index in [0.29, 0.717) is 13.0 Å². The summed E-state index contributed by atoms with van der Waals surface area (Å²) in [6, 6.07) is 7.85. The number of carboxylic acids is 1. The number of aliphatic carboxylic acids is 1. The first kappa shape index (κ1) is 14.8. The molecular formula is C13H18ClNO3. The highest BCUT2D eigenvalue weighted by Gasteiger charge is 2.27. The number of rotatable bonds is 3. The first-order valence-electron chi connectivity index (χ1n) is 5.78. The Morgan fingerprint density at radius 2 is 2.00 bits per heavy atom. The van der Waals surface area contributed by atoms with Gasteiger partial charge in [0, 0.05) is 13.1 Å². The smallest absolute Gasteiger partial charge is 0.307 e. The Bertz CT molecular complexity index is 394. The number of carboxylic acid groups (broad SMARTS) is 1. The van der Waals surface area contributed by atoms with E-state index < -0.39 is 5.97 Å². The van der Waals surface area contributed by atoms with E-state index in [0.717, 1.165) is 12.3 Å². The van der Waals surface area contributed by atoms with Crippen molar-refractivity contribution in [1.82, 2.24) is 5.32 Å². The lowest BCUT2D eigenvalue weighted by Gasteiger charge is -2.28. The van der Waals surface area contributed by atoms with Gasteiger partial charge in [-0.25, -0.2) is 0 Å². The minimum atomic E-state index is -0.712. The lowest BCUT2D eigenvalue weighted by atomic mass is 9.85. The van der Waals surface area contributed by atoms with Crippen molar-refractivity contribution >= 4 is 18.4 Å². The van der Waals surface area contributed by atoms with Crippen LogP contribution in [0.4, 0.5) is 0 Å². The molecule has 0 aliphatic carbocycles. The molecular weight excluding hydrogens is 254 g/mol. The van der Waals surface area contributed by atoms with E-state index in [9.17, 15) is 4.79 Å². The van der Waals surface area contributed by atoms with Gasteiger partial charge in [0.15, 0.2) is 0 Å². The van der Waals surface area contributed by atoms with Crippen LogP contribution in [0.1, 0.15) is 17.9 Å². The zero-order chi connectivity index (χ0) is 12.3. The van der Waals surface area contributed by atoms with Gasteiger partial charge in [0.2, 0.25) is 0 Å². The van der Waals surface area contributed by atoms with E-state index in [1.807, 2.05) is 24.3 Å². The number of ether oxygens (including phenoxy) is 1. The average Bonchev–Trinajstić information content (AvgIpc) is 2.39. The Hall–Kier alpha value is -1.26. The standard InChI is InChI=1S/C13H17NO3.ClH/c1-17-12-4-2-9(3-5-12)10-6-11(13(15)16)8-14-7-10;/h2-5,10-11,14H,6-8H2,1H3,(H,15,16);1H. The first-order chi connectivity index (χ1) is 8.20. The molecule has 0 radical (unpaired) electrons. The van der Waals surface area contributed by atoms with Gasteiger partial charge in [-0.15, -0.1) is 12.4 Å². The number of hydrogen-bond donors (Lipinski definition) is 2. The molecule has 1 heterocycles. The fourth-order valence-electron chi connectivity index (χ4n) is 2.26. The monoisotopic (exact) mass is 271 g/mol. The van der Waals surface area contributed by atoms with Crippen molar-refractivity contribution < 1.29 is 14.6 Å². The second kappa shape index (κ2) is 6.61. The van der Waals surface area contributed by atoms with E-state index >= 15 is 0 Å². The average molecular weight is 272 g/mol. The summed E-state index contributed by atoms with van der Waals surface area (Å²) < 4.78 is 5.11. The molecule has 2 unspecified atom stereocenters. The molecule has 4 nitrogen and oxygen atoms in total. The third kappa shape index (κ3) is 3.37. The number of halogens is 1. The van der Waals surface area contributed by atoms with Crippen molar-refractivity contribution in [2.75, 3.05) is 20.2 Å². The highest BCUT2D eigenvalue weighted by atomic mass is 35.5. The summed E-state index contributed by atoms with van der Waals surface area (Å²) in [5.41, 5.74) is 1.17. The van der Waals surface area contributed by atoms with Crippen molar-refractivity contribution in [1.29, 1.82) is 0 Å². The molecule has 0 saturated carbocycles. The lowest BCUT2D eigenvalue weighted by molar-refractivity contribution is -0.142. The molecule has 1 aliphatic heterocycles. The summed E-state index contributed by atoms with van der Waals surface area (Å²) in [5, 5.41) is 12.2. The Balaban J connectivity index is 0.00000162. The van der Waals surface area contributed by atoms with Crippen LogP contribution in [0, 0.1) is 5.92 Å². The summed E-state index contributed by atoms with van der Waals surface area (Å²) in [7, 11) is 1.64. The summed E-state index contributed by atoms with van der Waals surface area (Å²) in [6.45, 7) is 1.41. The van der Waals surface area contributed by atoms with Crippen LogP contribution in [0.25, 0.3) is 0 Å². The van der Waals surface area contributed by atoms with Crippen LogP contribution in [0.3, 0.4) is 0 Å². The molecule has 1 aliphatic rings. The maximum Gasteiger partial charge on any atom is 0.307 e. The van der Waals surface area contributed by atoms with Crippen LogP contribution in [0.5, 0.6) is 5.75 Å². The van der Waals surface area contributed by atoms with Crippen LogP contribution in [-0.2, 0) is 4.79 Å². The van der Waals surface area contributed by atoms with Gasteiger partial charge >= 0.3 is 5.97 Å². The van der Waals surface area contributed by atoms with Gasteiger partial charge in [0.25, 0.3) is 0 Å². The first-order valence-corrected chi connectivity index (χ1v) is 5.78. The minimum Gasteiger partial charge on any atom is -0.497 e. The van der Waals surface area contributed by atoms with Crippen LogP contribution >= 0.6 is 12.4 Å². The number of nitrogens with one attached hydrogen (secondary N) is 1. The Morgan fingerprint density at radius 3 is 2.56 bits per heavy atom. The normalized spacial score (nSPS) is 22.9. The largest absolute Gasteiger partial charge is 0.497 e. The van der Waals surface area contributed by atoms with Gasteiger partial charge in [-0.2, -0.15) is 0 Å². The highest BCUT2D eigenvalue weighted by Crippen LogP contribution is 2.27. The maximum atomic E-state index is 11.0. The number of hydrogen-bond acceptors (Lipinski definition) is 3. The number of piperidine rings is 1. The van der Waals surface area contributed by atoms with Crippen LogP contribution in [0.2, 0.25) is 0 Å². The second-order valence-electron chi connectivity index (χ2n) is 4.40. The lowest BCUT2D eigenvalue weighted by Crippen LogP contribution is -2.38. The fraction of sp³-hybridized carbons (Fsp3) is 0.462. The molecule has 1 aromatic carbocycles. The molecule has 5 heteroatoms. The predicted octanol–water partition coefficient (Wildman–Crippen LogP) is 1.89. The molecule has 2 N–H and O–H groups in total. The molecule has 1 aromatic rings. The van der Waals surface area contributed by atoms with E-state index in [-0.39, 0.29) is 24.2 Å². The number of benzene rings is 1. The van der Waals surface area contributed by atoms with E-state index in [1.54, 1.807) is 7.11 Å². The van der Waals surface area contributed by atoms with Crippen LogP contribution in [0.15, 0.2) is 24.3 Å². The maximum absolute atomic E-state index is 11.0. The minimum absolute atomic E-state index is 0. The van der Waals surface area contributed by atoms with Crippen LogP contribution in [-0.4, -0.2) is 31.3 Å². The second-order valence-corrected chi connectivity index (χ2v) is 4.40. The van der Waals surface area contributed by atoms with Gasteiger partial charge in [-0.3, -0.25) is 4.79 Å². The van der Waals surface area contributed by atoms with Crippen molar-refractivity contribution in [3.63, 3.8) is 0 Å². The highest BCUT2D eigenvalue weighted by molar-refractivity contribution is 5.85. The van der Waals surface area contributed by atoms with Crippen LogP contribution < -0.4 is 10.1 Å². The van der Waals surface area contributed by atoms with Crippen molar-refractivity contribution in [2.24, 2.45) is 5.92 Å². The van der Waals surface area contributed by atoms with Gasteiger partial charge < -0.3 is 15.2 Å². The molecule has 0 amide bonds. The molecule has 2 atom stereocenters. The zero-order valence-electron chi connectivity index (χ0n) is 10.3. The van der Waals surface area contributed by atoms with E-state index in [1.165, 1.54) is 5.56 Å². The summed E-state index contributed by atoms with van der Waals surface area (Å²) >= 11 is 0. The summed E-state index contributed by atoms with van der Waals surface area (Å²) in [4.78, 5) is 11.0. The third-order valence-electron chi connectivity index (χ3n) is 3.29. The third-order valence-corrected chi connectivity index (χ3v) is 3.29. The van der Waals surface area contributed by atoms with Gasteiger partial charge in [0.1, 0.15) is 5.75 Å². The van der Waals surface area contributed by atoms with Gasteiger partial charge in [-0.1, -0.05) is 12.1 Å². The SMILES string of the molecule is COc1ccc(C2CNCC(C(=O)O)C2)cc1.Cl. The Labute approximate surface area is 113 Å². The summed E-state index contributed by atoms with van der Waals surface area (Å²) in [6.07, 6.45) is 0.703. The van der Waals surface area contributed by atoms with E-state index in [4.69, 9.17) is 9.84 Å². The molecule has 0 spiro atoms. The molecule has 18 heavy (non-hydrogen) atoms. The molecule has 0 bridgehead atoms. The van der Waals surface area contributed by atoms with Crippen molar-refractivity contribution in [3.05, 3.63) is 29.8 Å². The molecule has 1 saturated heterocycles. The quantitative estimate of drug-likeness (QED) is 0.882. The molecule has 2 rings (SSSR count). The zero-order valence-corrected chi connectivity index (χ0v) is 11.1. The summed E-state index contributed by atoms with van der Waals surface area (Å²) in [5.74, 6) is 0.106. The topological polar surface area (TPSA) is 58.6 Å². The molecule has 0 aromatic heterocycles. The Morgan fingerprint density at radius 1 is 1.33 bits per heavy atom. The predicted molar refractivity (Wildman–Crippen MR) is 71.6 cm³/mol. The van der Waals surface area contributed by atoms with Gasteiger partial charge in [-0.05, 0) is 30.0 Å². The van der Waals surface area contributed by atoms with Crippen molar-refractivity contribution in [3.8, 4) is 5.75 Å².